The van der Waals surface area contributed by atoms with E-state index < -0.39 is 0 Å². The number of anilines is 1. The quantitative estimate of drug-likeness (QED) is 0.838. The molecule has 1 aliphatic heterocycles. The van der Waals surface area contributed by atoms with E-state index >= 15 is 0 Å². The highest BCUT2D eigenvalue weighted by Gasteiger charge is 2.35. The molecule has 3 nitrogen and oxygen atoms in total. The van der Waals surface area contributed by atoms with Crippen LogP contribution in [0.15, 0.2) is 41.6 Å². The number of carbonyl (C=O) groups is 1. The maximum absolute atomic E-state index is 12.5. The summed E-state index contributed by atoms with van der Waals surface area (Å²) in [6, 6.07) is 8.01. The highest BCUT2D eigenvalue weighted by atomic mass is 16.2. The van der Waals surface area contributed by atoms with Crippen molar-refractivity contribution < 1.29 is 4.79 Å². The molecule has 0 aliphatic carbocycles. The smallest absolute Gasteiger partial charge is 0.273 e. The van der Waals surface area contributed by atoms with Gasteiger partial charge in [0.05, 0.1) is 5.69 Å². The summed E-state index contributed by atoms with van der Waals surface area (Å²) in [5.41, 5.74) is 4.60. The monoisotopic (exact) mass is 266 g/mol. The maximum atomic E-state index is 12.5. The zero-order valence-corrected chi connectivity index (χ0v) is 12.2. The number of nitriles is 1. The third-order valence-electron chi connectivity index (χ3n) is 3.73. The number of nitrogens with zero attached hydrogens (tertiary/aromatic N) is 2. The number of amides is 1. The van der Waals surface area contributed by atoms with Gasteiger partial charge < -0.3 is 0 Å². The average Bonchev–Trinajstić information content (AvgIpc) is 2.69. The first-order valence-electron chi connectivity index (χ1n) is 6.82. The van der Waals surface area contributed by atoms with Crippen molar-refractivity contribution in [1.29, 1.82) is 5.26 Å². The summed E-state index contributed by atoms with van der Waals surface area (Å²) < 4.78 is 0. The molecule has 1 aliphatic rings. The predicted molar refractivity (Wildman–Crippen MR) is 80.1 cm³/mol. The van der Waals surface area contributed by atoms with Gasteiger partial charge in [-0.25, -0.2) is 0 Å². The van der Waals surface area contributed by atoms with Gasteiger partial charge in [-0.1, -0.05) is 38.6 Å². The van der Waals surface area contributed by atoms with Crippen LogP contribution in [0.1, 0.15) is 31.4 Å². The Kier molecular flexibility index (Phi) is 3.76. The van der Waals surface area contributed by atoms with Crippen LogP contribution in [0.3, 0.4) is 0 Å². The Morgan fingerprint density at radius 1 is 1.30 bits per heavy atom. The van der Waals surface area contributed by atoms with Crippen LogP contribution in [0.4, 0.5) is 5.69 Å². The van der Waals surface area contributed by atoms with Gasteiger partial charge in [0.15, 0.2) is 0 Å². The van der Waals surface area contributed by atoms with Crippen molar-refractivity contribution in [3.8, 4) is 6.07 Å². The van der Waals surface area contributed by atoms with Crippen molar-refractivity contribution in [2.75, 3.05) is 4.90 Å². The van der Waals surface area contributed by atoms with Gasteiger partial charge in [0.1, 0.15) is 11.6 Å². The van der Waals surface area contributed by atoms with Gasteiger partial charge in [-0.3, -0.25) is 9.69 Å². The Labute approximate surface area is 119 Å². The van der Waals surface area contributed by atoms with Crippen LogP contribution < -0.4 is 4.90 Å². The van der Waals surface area contributed by atoms with Crippen LogP contribution >= 0.6 is 0 Å². The second-order valence-corrected chi connectivity index (χ2v) is 4.84. The molecule has 1 aromatic carbocycles. The number of aryl methyl sites for hydroxylation is 2. The summed E-state index contributed by atoms with van der Waals surface area (Å²) >= 11 is 0. The topological polar surface area (TPSA) is 44.1 Å². The van der Waals surface area contributed by atoms with Gasteiger partial charge in [-0.15, -0.1) is 0 Å². The van der Waals surface area contributed by atoms with Crippen molar-refractivity contribution in [3.63, 3.8) is 0 Å². The average molecular weight is 266 g/mol. The fourth-order valence-corrected chi connectivity index (χ4v) is 2.70. The lowest BCUT2D eigenvalue weighted by Gasteiger charge is -2.23. The summed E-state index contributed by atoms with van der Waals surface area (Å²) in [4.78, 5) is 14.1. The third kappa shape index (κ3) is 1.94. The standard InChI is InChI=1S/C17H18N2O/c1-5-13-9-7-8-11(3)16(13)19-12(4)14(6-2)15(10-18)17(19)20/h7-9H,4-6H2,1-3H3. The van der Waals surface area contributed by atoms with E-state index in [2.05, 4.69) is 13.5 Å². The molecular weight excluding hydrogens is 248 g/mol. The van der Waals surface area contributed by atoms with E-state index in [1.807, 2.05) is 38.1 Å². The summed E-state index contributed by atoms with van der Waals surface area (Å²) in [5.74, 6) is -0.252. The van der Waals surface area contributed by atoms with Crippen molar-refractivity contribution in [2.24, 2.45) is 0 Å². The predicted octanol–water partition coefficient (Wildman–Crippen LogP) is 3.65. The van der Waals surface area contributed by atoms with Crippen LogP contribution in [0.25, 0.3) is 0 Å². The molecule has 102 valence electrons. The van der Waals surface area contributed by atoms with Crippen molar-refractivity contribution in [1.82, 2.24) is 0 Å². The second-order valence-electron chi connectivity index (χ2n) is 4.84. The summed E-state index contributed by atoms with van der Waals surface area (Å²) in [5, 5.41) is 9.22. The lowest BCUT2D eigenvalue weighted by Crippen LogP contribution is -2.26. The van der Waals surface area contributed by atoms with E-state index in [9.17, 15) is 10.1 Å². The molecule has 0 bridgehead atoms. The molecule has 1 aromatic rings. The number of para-hydroxylation sites is 1. The molecule has 0 unspecified atom stereocenters. The molecule has 0 radical (unpaired) electrons. The number of carbonyl (C=O) groups excluding carboxylic acids is 1. The Morgan fingerprint density at radius 3 is 2.50 bits per heavy atom. The van der Waals surface area contributed by atoms with Gasteiger partial charge in [-0.05, 0) is 36.5 Å². The maximum Gasteiger partial charge on any atom is 0.273 e. The molecule has 0 N–H and O–H groups in total. The number of hydrogen-bond acceptors (Lipinski definition) is 2. The van der Waals surface area contributed by atoms with Gasteiger partial charge in [0, 0.05) is 5.70 Å². The Bertz CT molecular complexity index is 662. The largest absolute Gasteiger partial charge is 0.276 e. The first-order chi connectivity index (χ1) is 9.56. The molecule has 0 atom stereocenters. The van der Waals surface area contributed by atoms with Gasteiger partial charge >= 0.3 is 0 Å². The molecule has 0 fully saturated rings. The fourth-order valence-electron chi connectivity index (χ4n) is 2.70. The molecule has 0 saturated heterocycles. The van der Waals surface area contributed by atoms with E-state index in [-0.39, 0.29) is 11.5 Å². The van der Waals surface area contributed by atoms with Crippen LogP contribution in [0.2, 0.25) is 0 Å². The Morgan fingerprint density at radius 2 is 2.00 bits per heavy atom. The van der Waals surface area contributed by atoms with E-state index in [0.29, 0.717) is 12.1 Å². The number of benzene rings is 1. The zero-order valence-electron chi connectivity index (χ0n) is 12.2. The Hall–Kier alpha value is -2.34. The SMILES string of the molecule is C=C1C(CC)=C(C#N)C(=O)N1c1c(C)cccc1CC. The molecule has 20 heavy (non-hydrogen) atoms. The number of allylic oxidation sites excluding steroid dienone is 1. The first-order valence-corrected chi connectivity index (χ1v) is 6.82. The minimum absolute atomic E-state index is 0.225. The molecular formula is C17H18N2O. The molecule has 0 spiro atoms. The van der Waals surface area contributed by atoms with Gasteiger partial charge in [0.2, 0.25) is 0 Å². The summed E-state index contributed by atoms with van der Waals surface area (Å²) in [6.45, 7) is 10.00. The van der Waals surface area contributed by atoms with Crippen molar-refractivity contribution >= 4 is 11.6 Å². The molecule has 2 rings (SSSR count). The normalized spacial score (nSPS) is 15.0. The van der Waals surface area contributed by atoms with Gasteiger partial charge in [-0.2, -0.15) is 5.26 Å². The van der Waals surface area contributed by atoms with Gasteiger partial charge in [0.25, 0.3) is 5.91 Å². The van der Waals surface area contributed by atoms with Crippen molar-refractivity contribution in [3.05, 3.63) is 52.7 Å². The van der Waals surface area contributed by atoms with E-state index in [1.54, 1.807) is 4.90 Å². The molecule has 1 amide bonds. The van der Waals surface area contributed by atoms with E-state index in [0.717, 1.165) is 28.8 Å². The number of hydrogen-bond donors (Lipinski definition) is 0. The van der Waals surface area contributed by atoms with Crippen LogP contribution in [-0.2, 0) is 11.2 Å². The Balaban J connectivity index is 2.61. The zero-order chi connectivity index (χ0) is 14.9. The van der Waals surface area contributed by atoms with E-state index in [1.165, 1.54) is 0 Å². The highest BCUT2D eigenvalue weighted by molar-refractivity contribution is 6.16. The minimum Gasteiger partial charge on any atom is -0.276 e. The van der Waals surface area contributed by atoms with Crippen molar-refractivity contribution in [2.45, 2.75) is 33.6 Å². The first kappa shape index (κ1) is 14.1. The molecule has 0 saturated carbocycles. The third-order valence-corrected chi connectivity index (χ3v) is 3.73. The number of rotatable bonds is 3. The van der Waals surface area contributed by atoms with Crippen LogP contribution in [0, 0.1) is 18.3 Å². The van der Waals surface area contributed by atoms with E-state index in [4.69, 9.17) is 0 Å². The fraction of sp³-hybridized carbons (Fsp3) is 0.294. The second kappa shape index (κ2) is 5.34. The van der Waals surface area contributed by atoms with Crippen LogP contribution in [-0.4, -0.2) is 5.91 Å². The van der Waals surface area contributed by atoms with Crippen LogP contribution in [0.5, 0.6) is 0 Å². The lowest BCUT2D eigenvalue weighted by atomic mass is 10.0. The minimum atomic E-state index is -0.252. The highest BCUT2D eigenvalue weighted by Crippen LogP contribution is 2.38. The molecule has 3 heteroatoms. The molecule has 1 heterocycles. The summed E-state index contributed by atoms with van der Waals surface area (Å²) in [7, 11) is 0. The summed E-state index contributed by atoms with van der Waals surface area (Å²) in [6.07, 6.45) is 1.47. The lowest BCUT2D eigenvalue weighted by molar-refractivity contribution is -0.113. The molecule has 0 aromatic heterocycles.